The van der Waals surface area contributed by atoms with Gasteiger partial charge in [-0.1, -0.05) is 19.9 Å². The molecule has 3 N–H and O–H groups in total. The third-order valence-electron chi connectivity index (χ3n) is 9.35. The number of hydrogen-bond donors (Lipinski definition) is 3. The van der Waals surface area contributed by atoms with Crippen molar-refractivity contribution in [1.82, 2.24) is 20.9 Å². The summed E-state index contributed by atoms with van der Waals surface area (Å²) in [6, 6.07) is 8.67. The first-order valence-corrected chi connectivity index (χ1v) is 14.2. The first kappa shape index (κ1) is 25.2. The van der Waals surface area contributed by atoms with Gasteiger partial charge in [0.05, 0.1) is 17.7 Å². The maximum Gasteiger partial charge on any atom is 0.253 e. The van der Waals surface area contributed by atoms with E-state index in [9.17, 15) is 9.59 Å². The lowest BCUT2D eigenvalue weighted by Gasteiger charge is -2.40. The number of rotatable bonds is 6. The Hall–Kier alpha value is -3.13. The largest absolute Gasteiger partial charge is 0.493 e. The molecular weight excluding hydrogens is 478 g/mol. The Morgan fingerprint density at radius 1 is 1.13 bits per heavy atom. The van der Waals surface area contributed by atoms with Gasteiger partial charge in [0.1, 0.15) is 11.6 Å². The number of anilines is 1. The van der Waals surface area contributed by atoms with Gasteiger partial charge in [0.25, 0.3) is 11.8 Å². The summed E-state index contributed by atoms with van der Waals surface area (Å²) in [5.41, 5.74) is 3.24. The minimum atomic E-state index is -0.202. The van der Waals surface area contributed by atoms with E-state index in [1.807, 2.05) is 31.2 Å². The van der Waals surface area contributed by atoms with Gasteiger partial charge in [-0.3, -0.25) is 9.59 Å². The second-order valence-corrected chi connectivity index (χ2v) is 11.9. The summed E-state index contributed by atoms with van der Waals surface area (Å²) in [5, 5.41) is 9.99. The predicted molar refractivity (Wildman–Crippen MR) is 147 cm³/mol. The summed E-state index contributed by atoms with van der Waals surface area (Å²) < 4.78 is 5.77. The zero-order valence-corrected chi connectivity index (χ0v) is 22.7. The Morgan fingerprint density at radius 3 is 2.58 bits per heavy atom. The first-order valence-electron chi connectivity index (χ1n) is 14.2. The van der Waals surface area contributed by atoms with E-state index in [0.717, 1.165) is 68.7 Å². The maximum absolute atomic E-state index is 13.2. The third kappa shape index (κ3) is 4.42. The highest BCUT2D eigenvalue weighted by molar-refractivity contribution is 5.97. The van der Waals surface area contributed by atoms with Crippen LogP contribution in [0.25, 0.3) is 0 Å². The van der Waals surface area contributed by atoms with Crippen molar-refractivity contribution >= 4 is 17.6 Å². The molecular formula is C30H39N5O3. The molecule has 0 radical (unpaired) electrons. The summed E-state index contributed by atoms with van der Waals surface area (Å²) in [6.45, 7) is 8.73. The highest BCUT2D eigenvalue weighted by atomic mass is 16.5. The molecule has 1 aromatic heterocycles. The second-order valence-electron chi connectivity index (χ2n) is 11.9. The van der Waals surface area contributed by atoms with Crippen molar-refractivity contribution in [3.63, 3.8) is 0 Å². The summed E-state index contributed by atoms with van der Waals surface area (Å²) in [4.78, 5) is 33.4. The van der Waals surface area contributed by atoms with Gasteiger partial charge in [-0.2, -0.15) is 0 Å². The van der Waals surface area contributed by atoms with Crippen LogP contribution in [0.5, 0.6) is 5.75 Å². The Kier molecular flexibility index (Phi) is 6.54. The van der Waals surface area contributed by atoms with Crippen molar-refractivity contribution in [3.05, 3.63) is 52.7 Å². The van der Waals surface area contributed by atoms with Crippen molar-refractivity contribution in [1.29, 1.82) is 0 Å². The SMILES string of the molecule is Cc1c(C(=O)NC2CC3CCC(C2)N3c2ccc(C(=O)N[C@]3(C(C)C)CCNC3)cn2)ccc2c1OCC2. The molecule has 8 nitrogen and oxygen atoms in total. The van der Waals surface area contributed by atoms with Crippen LogP contribution in [0.3, 0.4) is 0 Å². The van der Waals surface area contributed by atoms with Crippen LogP contribution >= 0.6 is 0 Å². The molecule has 2 amide bonds. The zero-order chi connectivity index (χ0) is 26.4. The molecule has 0 saturated carbocycles. The van der Waals surface area contributed by atoms with E-state index in [2.05, 4.69) is 34.7 Å². The van der Waals surface area contributed by atoms with E-state index >= 15 is 0 Å². The van der Waals surface area contributed by atoms with Crippen LogP contribution < -0.4 is 25.6 Å². The number of nitrogens with zero attached hydrogens (tertiary/aromatic N) is 2. The number of pyridine rings is 1. The zero-order valence-electron chi connectivity index (χ0n) is 22.7. The van der Waals surface area contributed by atoms with E-state index in [-0.39, 0.29) is 23.4 Å². The van der Waals surface area contributed by atoms with E-state index in [0.29, 0.717) is 35.7 Å². The summed E-state index contributed by atoms with van der Waals surface area (Å²) in [7, 11) is 0. The summed E-state index contributed by atoms with van der Waals surface area (Å²) >= 11 is 0. The normalized spacial score (nSPS) is 27.8. The number of fused-ring (bicyclic) bond motifs is 3. The molecule has 3 atom stereocenters. The highest BCUT2D eigenvalue weighted by Crippen LogP contribution is 2.39. The molecule has 8 heteroatoms. The fourth-order valence-electron chi connectivity index (χ4n) is 7.01. The average Bonchev–Trinajstić information content (AvgIpc) is 3.63. The standard InChI is InChI=1S/C30H39N5O3/c1-18(2)30(11-12-31-17-30)34-28(36)21-5-9-26(32-16-21)35-23-6-7-24(35)15-22(14-23)33-29(37)25-8-4-20-10-13-38-27(20)19(25)3/h4-5,8-9,16,18,22-24,31H,6-7,10-15,17H2,1-3H3,(H,33,37)(H,34,36)/t22?,23?,24?,30-/m1/s1. The molecule has 3 saturated heterocycles. The minimum Gasteiger partial charge on any atom is -0.493 e. The number of ether oxygens (including phenoxy) is 1. The lowest BCUT2D eigenvalue weighted by Crippen LogP contribution is -2.54. The lowest BCUT2D eigenvalue weighted by molar-refractivity contribution is 0.0876. The van der Waals surface area contributed by atoms with Gasteiger partial charge in [-0.15, -0.1) is 0 Å². The molecule has 0 spiro atoms. The molecule has 4 aliphatic heterocycles. The van der Waals surface area contributed by atoms with Crippen LogP contribution in [-0.4, -0.2) is 60.2 Å². The summed E-state index contributed by atoms with van der Waals surface area (Å²) in [6.07, 6.45) is 7.56. The van der Waals surface area contributed by atoms with Crippen LogP contribution in [-0.2, 0) is 6.42 Å². The first-order chi connectivity index (χ1) is 18.3. The smallest absolute Gasteiger partial charge is 0.253 e. The Morgan fingerprint density at radius 2 is 1.92 bits per heavy atom. The van der Waals surface area contributed by atoms with Crippen LogP contribution in [0.1, 0.15) is 77.8 Å². The van der Waals surface area contributed by atoms with Crippen molar-refractivity contribution in [2.75, 3.05) is 24.6 Å². The van der Waals surface area contributed by atoms with E-state index in [4.69, 9.17) is 9.72 Å². The van der Waals surface area contributed by atoms with Gasteiger partial charge in [0.2, 0.25) is 0 Å². The van der Waals surface area contributed by atoms with Gasteiger partial charge >= 0.3 is 0 Å². The van der Waals surface area contributed by atoms with Gasteiger partial charge in [-0.05, 0) is 75.3 Å². The molecule has 2 unspecified atom stereocenters. The van der Waals surface area contributed by atoms with Gasteiger partial charge in [0.15, 0.2) is 0 Å². The average molecular weight is 518 g/mol. The van der Waals surface area contributed by atoms with Gasteiger partial charge < -0.3 is 25.6 Å². The Bertz CT molecular complexity index is 1210. The number of amides is 2. The molecule has 202 valence electrons. The van der Waals surface area contributed by atoms with Crippen molar-refractivity contribution in [3.8, 4) is 5.75 Å². The topological polar surface area (TPSA) is 95.6 Å². The molecule has 5 heterocycles. The van der Waals surface area contributed by atoms with E-state index < -0.39 is 0 Å². The van der Waals surface area contributed by atoms with E-state index in [1.165, 1.54) is 5.56 Å². The van der Waals surface area contributed by atoms with Crippen molar-refractivity contribution in [2.45, 2.75) is 83.0 Å². The molecule has 2 bridgehead atoms. The number of piperidine rings is 1. The number of nitrogens with one attached hydrogen (secondary N) is 3. The van der Waals surface area contributed by atoms with E-state index in [1.54, 1.807) is 6.20 Å². The molecule has 4 aliphatic rings. The minimum absolute atomic E-state index is 0.0104. The molecule has 0 aliphatic carbocycles. The van der Waals surface area contributed by atoms with Crippen molar-refractivity contribution < 1.29 is 14.3 Å². The van der Waals surface area contributed by atoms with Crippen LogP contribution in [0, 0.1) is 12.8 Å². The van der Waals surface area contributed by atoms with Gasteiger partial charge in [-0.25, -0.2) is 4.98 Å². The van der Waals surface area contributed by atoms with Crippen LogP contribution in [0.15, 0.2) is 30.5 Å². The fraction of sp³-hybridized carbons (Fsp3) is 0.567. The Balaban J connectivity index is 1.10. The molecule has 3 fully saturated rings. The number of aromatic nitrogens is 1. The fourth-order valence-corrected chi connectivity index (χ4v) is 7.01. The quantitative estimate of drug-likeness (QED) is 0.544. The number of carbonyl (C=O) groups is 2. The van der Waals surface area contributed by atoms with Gasteiger partial charge in [0, 0.05) is 48.4 Å². The maximum atomic E-state index is 13.2. The molecule has 38 heavy (non-hydrogen) atoms. The number of benzene rings is 1. The predicted octanol–water partition coefficient (Wildman–Crippen LogP) is 3.37. The molecule has 6 rings (SSSR count). The Labute approximate surface area is 224 Å². The van der Waals surface area contributed by atoms with Crippen LogP contribution in [0.4, 0.5) is 5.82 Å². The van der Waals surface area contributed by atoms with Crippen molar-refractivity contribution in [2.24, 2.45) is 5.92 Å². The number of hydrogen-bond acceptors (Lipinski definition) is 6. The molecule has 1 aromatic carbocycles. The molecule has 2 aromatic rings. The lowest BCUT2D eigenvalue weighted by atomic mass is 9.85. The second kappa shape index (κ2) is 9.88. The number of carbonyl (C=O) groups excluding carboxylic acids is 2. The third-order valence-corrected chi connectivity index (χ3v) is 9.35. The monoisotopic (exact) mass is 517 g/mol. The van der Waals surface area contributed by atoms with Crippen LogP contribution in [0.2, 0.25) is 0 Å². The highest BCUT2D eigenvalue weighted by Gasteiger charge is 2.42. The summed E-state index contributed by atoms with van der Waals surface area (Å²) in [5.74, 6) is 2.09.